The largest absolute Gasteiger partial charge is 0.462 e. The van der Waals surface area contributed by atoms with E-state index in [4.69, 9.17) is 4.74 Å². The van der Waals surface area contributed by atoms with E-state index >= 15 is 0 Å². The van der Waals surface area contributed by atoms with Gasteiger partial charge >= 0.3 is 5.97 Å². The third-order valence-corrected chi connectivity index (χ3v) is 2.71. The van der Waals surface area contributed by atoms with Crippen LogP contribution < -0.4 is 0 Å². The van der Waals surface area contributed by atoms with Gasteiger partial charge in [0.15, 0.2) is 0 Å². The summed E-state index contributed by atoms with van der Waals surface area (Å²) < 4.78 is 17.9. The number of benzene rings is 1. The van der Waals surface area contributed by atoms with E-state index in [-0.39, 0.29) is 23.8 Å². The Balaban J connectivity index is 2.66. The molecule has 0 amide bonds. The first-order valence-electron chi connectivity index (χ1n) is 5.49. The summed E-state index contributed by atoms with van der Waals surface area (Å²) in [5, 5.41) is 0. The predicted octanol–water partition coefficient (Wildman–Crippen LogP) is 3.27. The topological polar surface area (TPSA) is 26.3 Å². The van der Waals surface area contributed by atoms with Crippen molar-refractivity contribution < 1.29 is 13.9 Å². The van der Waals surface area contributed by atoms with E-state index in [1.807, 2.05) is 13.8 Å². The number of hydrogen-bond acceptors (Lipinski definition) is 2. The molecule has 0 saturated carbocycles. The molecule has 0 fully saturated rings. The monoisotopic (exact) mass is 224 g/mol. The molecule has 0 aliphatic rings. The third kappa shape index (κ3) is 3.33. The zero-order chi connectivity index (χ0) is 12.1. The fourth-order valence-corrected chi connectivity index (χ4v) is 1.43. The quantitative estimate of drug-likeness (QED) is 0.734. The Kier molecular flexibility index (Phi) is 4.47. The van der Waals surface area contributed by atoms with Crippen molar-refractivity contribution >= 4 is 5.97 Å². The highest BCUT2D eigenvalue weighted by Gasteiger charge is 2.17. The van der Waals surface area contributed by atoms with Crippen molar-refractivity contribution in [2.45, 2.75) is 39.2 Å². The van der Waals surface area contributed by atoms with Crippen molar-refractivity contribution in [3.63, 3.8) is 0 Å². The lowest BCUT2D eigenvalue weighted by atomic mass is 9.96. The maximum absolute atomic E-state index is 12.7. The van der Waals surface area contributed by atoms with E-state index in [9.17, 15) is 9.18 Å². The summed E-state index contributed by atoms with van der Waals surface area (Å²) in [4.78, 5) is 11.1. The molecule has 2 atom stereocenters. The Labute approximate surface area is 95.4 Å². The SMILES string of the molecule is CCC(=O)OC(C)C(C)c1ccc(F)cc1. The third-order valence-electron chi connectivity index (χ3n) is 2.71. The summed E-state index contributed by atoms with van der Waals surface area (Å²) in [7, 11) is 0. The van der Waals surface area contributed by atoms with E-state index < -0.39 is 0 Å². The first-order valence-corrected chi connectivity index (χ1v) is 5.49. The Morgan fingerprint density at radius 2 is 1.88 bits per heavy atom. The summed E-state index contributed by atoms with van der Waals surface area (Å²) >= 11 is 0. The predicted molar refractivity (Wildman–Crippen MR) is 60.7 cm³/mol. The highest BCUT2D eigenvalue weighted by Crippen LogP contribution is 2.21. The average Bonchev–Trinajstić information content (AvgIpc) is 2.28. The molecule has 88 valence electrons. The molecule has 0 aliphatic heterocycles. The van der Waals surface area contributed by atoms with Crippen LogP contribution in [0.25, 0.3) is 0 Å². The Bertz CT molecular complexity index is 345. The molecule has 2 unspecified atom stereocenters. The summed E-state index contributed by atoms with van der Waals surface area (Å²) in [6.07, 6.45) is 0.179. The number of hydrogen-bond donors (Lipinski definition) is 0. The molecular weight excluding hydrogens is 207 g/mol. The summed E-state index contributed by atoms with van der Waals surface area (Å²) in [5.74, 6) is -0.397. The second-order valence-corrected chi connectivity index (χ2v) is 3.89. The summed E-state index contributed by atoms with van der Waals surface area (Å²) in [5.41, 5.74) is 0.970. The zero-order valence-corrected chi connectivity index (χ0v) is 9.87. The van der Waals surface area contributed by atoms with Crippen LogP contribution in [0.1, 0.15) is 38.7 Å². The molecule has 0 heterocycles. The average molecular weight is 224 g/mol. The van der Waals surface area contributed by atoms with Gasteiger partial charge in [-0.25, -0.2) is 4.39 Å². The number of carbonyl (C=O) groups is 1. The van der Waals surface area contributed by atoms with Crippen LogP contribution in [0.2, 0.25) is 0 Å². The van der Waals surface area contributed by atoms with Gasteiger partial charge in [0, 0.05) is 12.3 Å². The van der Waals surface area contributed by atoms with Crippen LogP contribution in [-0.4, -0.2) is 12.1 Å². The van der Waals surface area contributed by atoms with Crippen molar-refractivity contribution in [2.75, 3.05) is 0 Å². The van der Waals surface area contributed by atoms with Gasteiger partial charge in [0.1, 0.15) is 11.9 Å². The van der Waals surface area contributed by atoms with Gasteiger partial charge in [0.2, 0.25) is 0 Å². The van der Waals surface area contributed by atoms with Crippen molar-refractivity contribution in [1.29, 1.82) is 0 Å². The zero-order valence-electron chi connectivity index (χ0n) is 9.87. The molecule has 0 N–H and O–H groups in total. The van der Waals surface area contributed by atoms with Crippen molar-refractivity contribution in [3.05, 3.63) is 35.6 Å². The van der Waals surface area contributed by atoms with Gasteiger partial charge in [-0.2, -0.15) is 0 Å². The van der Waals surface area contributed by atoms with E-state index in [1.54, 1.807) is 19.1 Å². The van der Waals surface area contributed by atoms with Crippen LogP contribution in [0, 0.1) is 5.82 Å². The maximum atomic E-state index is 12.7. The summed E-state index contributed by atoms with van der Waals surface area (Å²) in [6, 6.07) is 6.27. The molecular formula is C13H17FO2. The van der Waals surface area contributed by atoms with E-state index in [0.717, 1.165) is 5.56 Å². The number of ether oxygens (including phenoxy) is 1. The highest BCUT2D eigenvalue weighted by molar-refractivity contribution is 5.69. The Morgan fingerprint density at radius 1 is 1.31 bits per heavy atom. The molecule has 1 aromatic carbocycles. The van der Waals surface area contributed by atoms with Gasteiger partial charge in [0.05, 0.1) is 0 Å². The van der Waals surface area contributed by atoms with E-state index in [0.29, 0.717) is 6.42 Å². The van der Waals surface area contributed by atoms with Gasteiger partial charge in [-0.15, -0.1) is 0 Å². The molecule has 3 heteroatoms. The lowest BCUT2D eigenvalue weighted by molar-refractivity contribution is -0.148. The first kappa shape index (κ1) is 12.7. The number of rotatable bonds is 4. The first-order chi connectivity index (χ1) is 7.54. The van der Waals surface area contributed by atoms with Crippen LogP contribution >= 0.6 is 0 Å². The van der Waals surface area contributed by atoms with Crippen LogP contribution in [-0.2, 0) is 9.53 Å². The molecule has 1 aromatic rings. The van der Waals surface area contributed by atoms with Crippen LogP contribution in [0.4, 0.5) is 4.39 Å². The van der Waals surface area contributed by atoms with Crippen LogP contribution in [0.3, 0.4) is 0 Å². The van der Waals surface area contributed by atoms with Gasteiger partial charge < -0.3 is 4.74 Å². The minimum Gasteiger partial charge on any atom is -0.462 e. The molecule has 2 nitrogen and oxygen atoms in total. The smallest absolute Gasteiger partial charge is 0.305 e. The normalized spacial score (nSPS) is 14.2. The van der Waals surface area contributed by atoms with Gasteiger partial charge in [-0.1, -0.05) is 26.0 Å². The second-order valence-electron chi connectivity index (χ2n) is 3.89. The van der Waals surface area contributed by atoms with Crippen molar-refractivity contribution in [2.24, 2.45) is 0 Å². The fraction of sp³-hybridized carbons (Fsp3) is 0.462. The number of esters is 1. The molecule has 0 aromatic heterocycles. The Morgan fingerprint density at radius 3 is 2.38 bits per heavy atom. The van der Waals surface area contributed by atoms with Crippen LogP contribution in [0.15, 0.2) is 24.3 Å². The standard InChI is InChI=1S/C13H17FO2/c1-4-13(15)16-10(3)9(2)11-5-7-12(14)8-6-11/h5-10H,4H2,1-3H3. The number of halogens is 1. The molecule has 0 spiro atoms. The molecule has 0 saturated heterocycles. The maximum Gasteiger partial charge on any atom is 0.305 e. The minimum absolute atomic E-state index is 0.0658. The fourth-order valence-electron chi connectivity index (χ4n) is 1.43. The molecule has 16 heavy (non-hydrogen) atoms. The summed E-state index contributed by atoms with van der Waals surface area (Å²) in [6.45, 7) is 5.57. The lowest BCUT2D eigenvalue weighted by Gasteiger charge is -2.20. The van der Waals surface area contributed by atoms with E-state index in [1.165, 1.54) is 12.1 Å². The molecule has 0 bridgehead atoms. The number of carbonyl (C=O) groups excluding carboxylic acids is 1. The van der Waals surface area contributed by atoms with Crippen molar-refractivity contribution in [1.82, 2.24) is 0 Å². The minimum atomic E-state index is -0.255. The lowest BCUT2D eigenvalue weighted by Crippen LogP contribution is -2.20. The van der Waals surface area contributed by atoms with Gasteiger partial charge in [-0.05, 0) is 24.6 Å². The van der Waals surface area contributed by atoms with Gasteiger partial charge in [0.25, 0.3) is 0 Å². The molecule has 0 radical (unpaired) electrons. The van der Waals surface area contributed by atoms with E-state index in [2.05, 4.69) is 0 Å². The van der Waals surface area contributed by atoms with Crippen LogP contribution in [0.5, 0.6) is 0 Å². The molecule has 0 aliphatic carbocycles. The molecule has 1 rings (SSSR count). The Hall–Kier alpha value is -1.38. The highest BCUT2D eigenvalue weighted by atomic mass is 19.1. The van der Waals surface area contributed by atoms with Gasteiger partial charge in [-0.3, -0.25) is 4.79 Å². The second kappa shape index (κ2) is 5.64. The van der Waals surface area contributed by atoms with Crippen molar-refractivity contribution in [3.8, 4) is 0 Å².